The average molecular weight is 439 g/mol. The maximum Gasteiger partial charge on any atom is 0.295 e. The predicted molar refractivity (Wildman–Crippen MR) is 122 cm³/mol. The molecule has 1 aliphatic heterocycles. The molecular formula is C25H30N2O5. The summed E-state index contributed by atoms with van der Waals surface area (Å²) < 4.78 is 5.64. The maximum atomic E-state index is 13.0. The van der Waals surface area contributed by atoms with E-state index in [1.165, 1.54) is 17.0 Å². The van der Waals surface area contributed by atoms with E-state index in [0.717, 1.165) is 6.54 Å². The van der Waals surface area contributed by atoms with Crippen LogP contribution in [0.4, 0.5) is 0 Å². The standard InChI is InChI=1S/C25H30N2O5/c1-16(2)32-20-12-8-18(9-13-20)23(29)21-22(17-6-10-19(28)11-7-17)27(25(31)24(21)30)15-5-14-26(3)4/h6-13,16,22,28-29H,5,14-15H2,1-4H3/b23-21-. The van der Waals surface area contributed by atoms with E-state index in [2.05, 4.69) is 0 Å². The largest absolute Gasteiger partial charge is 0.508 e. The Morgan fingerprint density at radius 2 is 1.69 bits per heavy atom. The van der Waals surface area contributed by atoms with Crippen LogP contribution in [0, 0.1) is 0 Å². The van der Waals surface area contributed by atoms with Crippen LogP contribution in [0.25, 0.3) is 5.76 Å². The zero-order chi connectivity index (χ0) is 23.4. The number of rotatable bonds is 8. The molecule has 1 atom stereocenters. The van der Waals surface area contributed by atoms with Crippen LogP contribution in [0.5, 0.6) is 11.5 Å². The first-order valence-electron chi connectivity index (χ1n) is 10.7. The summed E-state index contributed by atoms with van der Waals surface area (Å²) in [5.41, 5.74) is 1.12. The second-order valence-corrected chi connectivity index (χ2v) is 8.43. The molecule has 7 nitrogen and oxygen atoms in total. The van der Waals surface area contributed by atoms with E-state index in [4.69, 9.17) is 4.74 Å². The lowest BCUT2D eigenvalue weighted by Gasteiger charge is -2.26. The second-order valence-electron chi connectivity index (χ2n) is 8.43. The van der Waals surface area contributed by atoms with Crippen LogP contribution < -0.4 is 4.74 Å². The normalized spacial score (nSPS) is 18.1. The van der Waals surface area contributed by atoms with Crippen LogP contribution in [0.2, 0.25) is 0 Å². The molecule has 2 aromatic carbocycles. The van der Waals surface area contributed by atoms with E-state index in [1.807, 2.05) is 32.8 Å². The van der Waals surface area contributed by atoms with Crippen LogP contribution in [0.3, 0.4) is 0 Å². The molecule has 0 bridgehead atoms. The number of aliphatic hydroxyl groups is 1. The molecule has 32 heavy (non-hydrogen) atoms. The van der Waals surface area contributed by atoms with Gasteiger partial charge in [-0.3, -0.25) is 9.59 Å². The van der Waals surface area contributed by atoms with Gasteiger partial charge in [0.15, 0.2) is 0 Å². The van der Waals surface area contributed by atoms with Gasteiger partial charge in [-0.15, -0.1) is 0 Å². The van der Waals surface area contributed by atoms with Crippen molar-refractivity contribution in [1.82, 2.24) is 9.80 Å². The van der Waals surface area contributed by atoms with Gasteiger partial charge in [0.25, 0.3) is 11.7 Å². The topological polar surface area (TPSA) is 90.3 Å². The van der Waals surface area contributed by atoms with Gasteiger partial charge in [-0.25, -0.2) is 0 Å². The van der Waals surface area contributed by atoms with Crippen LogP contribution in [-0.4, -0.2) is 65.0 Å². The van der Waals surface area contributed by atoms with E-state index < -0.39 is 17.7 Å². The molecule has 1 amide bonds. The Bertz CT molecular complexity index is 994. The van der Waals surface area contributed by atoms with Crippen LogP contribution >= 0.6 is 0 Å². The molecule has 170 valence electrons. The SMILES string of the molecule is CC(C)Oc1ccc(/C(O)=C2/C(=O)C(=O)N(CCCN(C)C)C2c2ccc(O)cc2)cc1. The summed E-state index contributed by atoms with van der Waals surface area (Å²) >= 11 is 0. The van der Waals surface area contributed by atoms with Crippen molar-refractivity contribution in [3.8, 4) is 11.5 Å². The molecule has 2 aromatic rings. The molecule has 0 spiro atoms. The van der Waals surface area contributed by atoms with Crippen molar-refractivity contribution >= 4 is 17.4 Å². The van der Waals surface area contributed by atoms with Gasteiger partial charge in [-0.1, -0.05) is 12.1 Å². The highest BCUT2D eigenvalue weighted by atomic mass is 16.5. The molecule has 1 fully saturated rings. The molecule has 3 rings (SSSR count). The van der Waals surface area contributed by atoms with Crippen molar-refractivity contribution in [3.63, 3.8) is 0 Å². The van der Waals surface area contributed by atoms with Gasteiger partial charge in [0.1, 0.15) is 17.3 Å². The van der Waals surface area contributed by atoms with Gasteiger partial charge in [-0.2, -0.15) is 0 Å². The molecule has 1 aliphatic rings. The second kappa shape index (κ2) is 9.87. The number of phenolic OH excluding ortho intramolecular Hbond substituents is 1. The zero-order valence-corrected chi connectivity index (χ0v) is 18.9. The quantitative estimate of drug-likeness (QED) is 0.372. The number of nitrogens with zero attached hydrogens (tertiary/aromatic N) is 2. The van der Waals surface area contributed by atoms with Crippen molar-refractivity contribution in [2.45, 2.75) is 32.4 Å². The number of amides is 1. The summed E-state index contributed by atoms with van der Waals surface area (Å²) in [6.45, 7) is 4.96. The molecule has 7 heteroatoms. The molecule has 0 aliphatic carbocycles. The zero-order valence-electron chi connectivity index (χ0n) is 18.9. The summed E-state index contributed by atoms with van der Waals surface area (Å²) in [6.07, 6.45) is 0.687. The smallest absolute Gasteiger partial charge is 0.295 e. The molecule has 0 aromatic heterocycles. The van der Waals surface area contributed by atoms with Crippen LogP contribution in [0.15, 0.2) is 54.1 Å². The van der Waals surface area contributed by atoms with E-state index in [1.54, 1.807) is 36.4 Å². The number of hydrogen-bond acceptors (Lipinski definition) is 6. The first-order valence-corrected chi connectivity index (χ1v) is 10.7. The number of carbonyl (C=O) groups is 2. The first-order chi connectivity index (χ1) is 15.2. The number of phenols is 1. The Balaban J connectivity index is 2.03. The Labute approximate surface area is 188 Å². The van der Waals surface area contributed by atoms with Gasteiger partial charge in [-0.05, 0) is 82.9 Å². The third-order valence-electron chi connectivity index (χ3n) is 5.25. The molecule has 1 heterocycles. The van der Waals surface area contributed by atoms with Gasteiger partial charge < -0.3 is 24.7 Å². The molecular weight excluding hydrogens is 408 g/mol. The number of ether oxygens (including phenoxy) is 1. The lowest BCUT2D eigenvalue weighted by Crippen LogP contribution is -2.32. The minimum absolute atomic E-state index is 0.0106. The number of carbonyl (C=O) groups excluding carboxylic acids is 2. The highest BCUT2D eigenvalue weighted by Crippen LogP contribution is 2.40. The van der Waals surface area contributed by atoms with Gasteiger partial charge in [0, 0.05) is 12.1 Å². The van der Waals surface area contributed by atoms with Crippen molar-refractivity contribution in [2.75, 3.05) is 27.2 Å². The third-order valence-corrected chi connectivity index (χ3v) is 5.25. The number of likely N-dealkylation sites (tertiary alicyclic amines) is 1. The number of ketones is 1. The maximum absolute atomic E-state index is 13.0. The van der Waals surface area contributed by atoms with Crippen molar-refractivity contribution in [3.05, 3.63) is 65.2 Å². The highest BCUT2D eigenvalue weighted by Gasteiger charge is 2.45. The van der Waals surface area contributed by atoms with Gasteiger partial charge in [0.05, 0.1) is 17.7 Å². The Kier molecular flexibility index (Phi) is 7.20. The summed E-state index contributed by atoms with van der Waals surface area (Å²) in [4.78, 5) is 29.4. The number of hydrogen-bond donors (Lipinski definition) is 2. The van der Waals surface area contributed by atoms with Crippen LogP contribution in [0.1, 0.15) is 37.4 Å². The number of aliphatic hydroxyl groups excluding tert-OH is 1. The number of benzene rings is 2. The molecule has 1 saturated heterocycles. The van der Waals surface area contributed by atoms with Crippen molar-refractivity contribution in [1.29, 1.82) is 0 Å². The monoisotopic (exact) mass is 438 g/mol. The molecule has 2 N–H and O–H groups in total. The van der Waals surface area contributed by atoms with Crippen molar-refractivity contribution in [2.24, 2.45) is 0 Å². The Morgan fingerprint density at radius 1 is 1.06 bits per heavy atom. The lowest BCUT2D eigenvalue weighted by molar-refractivity contribution is -0.139. The van der Waals surface area contributed by atoms with Crippen LogP contribution in [-0.2, 0) is 9.59 Å². The highest BCUT2D eigenvalue weighted by molar-refractivity contribution is 6.46. The van der Waals surface area contributed by atoms with Gasteiger partial charge in [0.2, 0.25) is 0 Å². The fourth-order valence-corrected chi connectivity index (χ4v) is 3.79. The van der Waals surface area contributed by atoms with E-state index in [9.17, 15) is 19.8 Å². The van der Waals surface area contributed by atoms with Gasteiger partial charge >= 0.3 is 0 Å². The third kappa shape index (κ3) is 5.11. The van der Waals surface area contributed by atoms with E-state index >= 15 is 0 Å². The molecule has 0 radical (unpaired) electrons. The summed E-state index contributed by atoms with van der Waals surface area (Å²) in [5, 5.41) is 20.8. The Morgan fingerprint density at radius 3 is 2.25 bits per heavy atom. The Hall–Kier alpha value is -3.32. The average Bonchev–Trinajstić information content (AvgIpc) is 2.99. The predicted octanol–water partition coefficient (Wildman–Crippen LogP) is 3.55. The minimum atomic E-state index is -0.732. The number of aromatic hydroxyl groups is 1. The fourth-order valence-electron chi connectivity index (χ4n) is 3.79. The first kappa shape index (κ1) is 23.3. The minimum Gasteiger partial charge on any atom is -0.508 e. The summed E-state index contributed by atoms with van der Waals surface area (Å²) in [7, 11) is 3.89. The summed E-state index contributed by atoms with van der Waals surface area (Å²) in [6, 6.07) is 12.4. The fraction of sp³-hybridized carbons (Fsp3) is 0.360. The van der Waals surface area contributed by atoms with Crippen molar-refractivity contribution < 1.29 is 24.5 Å². The number of Topliss-reactive ketones (excluding diaryl/α,β-unsaturated/α-hetero) is 1. The van der Waals surface area contributed by atoms with E-state index in [0.29, 0.717) is 29.8 Å². The summed E-state index contributed by atoms with van der Waals surface area (Å²) in [5.74, 6) is -0.849. The molecule has 0 saturated carbocycles. The van der Waals surface area contributed by atoms with E-state index in [-0.39, 0.29) is 23.2 Å². The molecule has 1 unspecified atom stereocenters. The lowest BCUT2D eigenvalue weighted by atomic mass is 9.95.